The first kappa shape index (κ1) is 19.4. The lowest BCUT2D eigenvalue weighted by Crippen LogP contribution is -2.42. The van der Waals surface area contributed by atoms with Gasteiger partial charge in [0.2, 0.25) is 17.7 Å². The molecule has 1 aliphatic rings. The second-order valence-corrected chi connectivity index (χ2v) is 6.58. The first-order valence-electron chi connectivity index (χ1n) is 9.11. The van der Waals surface area contributed by atoms with Crippen molar-refractivity contribution < 1.29 is 19.1 Å². The van der Waals surface area contributed by atoms with Crippen molar-refractivity contribution in [2.45, 2.75) is 25.8 Å². The molecule has 7 nitrogen and oxygen atoms in total. The number of amides is 3. The van der Waals surface area contributed by atoms with Crippen molar-refractivity contribution in [2.24, 2.45) is 0 Å². The van der Waals surface area contributed by atoms with Crippen LogP contribution in [0, 0.1) is 0 Å². The number of carbonyl (C=O) groups excluding carboxylic acids is 3. The van der Waals surface area contributed by atoms with Crippen LogP contribution in [0.2, 0.25) is 0 Å². The summed E-state index contributed by atoms with van der Waals surface area (Å²) in [5, 5.41) is 5.63. The smallest absolute Gasteiger partial charge is 0.244 e. The number of nitrogens with one attached hydrogen (secondary N) is 2. The summed E-state index contributed by atoms with van der Waals surface area (Å²) in [6.07, 6.45) is 0.0602. The predicted octanol–water partition coefficient (Wildman–Crippen LogP) is 2.64. The summed E-state index contributed by atoms with van der Waals surface area (Å²) in [5.74, 6) is -0.0486. The average molecular weight is 381 g/mol. The fraction of sp³-hybridized carbons (Fsp3) is 0.286. The van der Waals surface area contributed by atoms with Gasteiger partial charge in [0.1, 0.15) is 12.3 Å². The number of ether oxygens (including phenoxy) is 1. The van der Waals surface area contributed by atoms with Crippen LogP contribution in [0.1, 0.15) is 31.4 Å². The molecule has 146 valence electrons. The Hall–Kier alpha value is -3.35. The Morgan fingerprint density at radius 2 is 1.86 bits per heavy atom. The molecule has 2 N–H and O–H groups in total. The highest BCUT2D eigenvalue weighted by Gasteiger charge is 2.26. The number of carbonyl (C=O) groups is 3. The Bertz CT molecular complexity index is 897. The quantitative estimate of drug-likeness (QED) is 0.805. The van der Waals surface area contributed by atoms with Crippen LogP contribution < -0.4 is 20.3 Å². The molecule has 3 amide bonds. The predicted molar refractivity (Wildman–Crippen MR) is 106 cm³/mol. The van der Waals surface area contributed by atoms with Gasteiger partial charge in [0, 0.05) is 18.4 Å². The first-order valence-corrected chi connectivity index (χ1v) is 9.11. The lowest BCUT2D eigenvalue weighted by Gasteiger charge is -2.29. The van der Waals surface area contributed by atoms with Gasteiger partial charge in [0.15, 0.2) is 0 Å². The third-order valence-corrected chi connectivity index (χ3v) is 4.62. The minimum atomic E-state index is -0.262. The van der Waals surface area contributed by atoms with E-state index >= 15 is 0 Å². The largest absolute Gasteiger partial charge is 0.496 e. The highest BCUT2D eigenvalue weighted by Crippen LogP contribution is 2.29. The number of benzene rings is 2. The Morgan fingerprint density at radius 1 is 1.14 bits per heavy atom. The zero-order valence-electron chi connectivity index (χ0n) is 15.9. The summed E-state index contributed by atoms with van der Waals surface area (Å²) in [4.78, 5) is 38.2. The number of rotatable bonds is 6. The molecule has 28 heavy (non-hydrogen) atoms. The maximum atomic E-state index is 12.6. The van der Waals surface area contributed by atoms with Crippen molar-refractivity contribution in [1.29, 1.82) is 0 Å². The zero-order chi connectivity index (χ0) is 20.1. The van der Waals surface area contributed by atoms with E-state index in [0.29, 0.717) is 17.1 Å². The topological polar surface area (TPSA) is 87.7 Å². The monoisotopic (exact) mass is 381 g/mol. The highest BCUT2D eigenvalue weighted by molar-refractivity contribution is 6.10. The first-order chi connectivity index (χ1) is 13.5. The summed E-state index contributed by atoms with van der Waals surface area (Å²) in [7, 11) is 1.58. The van der Waals surface area contributed by atoms with E-state index in [1.165, 1.54) is 4.90 Å². The SMILES string of the molecule is COc1ccccc1C(C)NC(=O)CCC(=O)N1CC(=O)Nc2ccccc21. The van der Waals surface area contributed by atoms with E-state index in [4.69, 9.17) is 4.74 Å². The molecular formula is C21H23N3O4. The molecule has 0 bridgehead atoms. The normalized spacial score (nSPS) is 13.9. The molecule has 1 unspecified atom stereocenters. The minimum absolute atomic E-state index is 0.0199. The molecule has 1 aliphatic heterocycles. The van der Waals surface area contributed by atoms with E-state index < -0.39 is 0 Å². The molecule has 2 aromatic rings. The van der Waals surface area contributed by atoms with E-state index in [-0.39, 0.29) is 43.1 Å². The molecule has 1 atom stereocenters. The van der Waals surface area contributed by atoms with Gasteiger partial charge in [0.05, 0.1) is 24.5 Å². The maximum Gasteiger partial charge on any atom is 0.244 e. The van der Waals surface area contributed by atoms with Gasteiger partial charge in [-0.2, -0.15) is 0 Å². The number of hydrogen-bond acceptors (Lipinski definition) is 4. The molecule has 0 fully saturated rings. The second kappa shape index (κ2) is 8.56. The molecule has 3 rings (SSSR count). The van der Waals surface area contributed by atoms with E-state index in [0.717, 1.165) is 5.56 Å². The second-order valence-electron chi connectivity index (χ2n) is 6.58. The molecular weight excluding hydrogens is 358 g/mol. The van der Waals surface area contributed by atoms with Crippen LogP contribution in [0.15, 0.2) is 48.5 Å². The van der Waals surface area contributed by atoms with Crippen LogP contribution in [-0.2, 0) is 14.4 Å². The van der Waals surface area contributed by atoms with Crippen LogP contribution in [0.3, 0.4) is 0 Å². The van der Waals surface area contributed by atoms with Crippen LogP contribution in [0.4, 0.5) is 11.4 Å². The number of para-hydroxylation sites is 3. The molecule has 2 aromatic carbocycles. The summed E-state index contributed by atoms with van der Waals surface area (Å²) in [6.45, 7) is 1.82. The van der Waals surface area contributed by atoms with Crippen LogP contribution in [-0.4, -0.2) is 31.4 Å². The van der Waals surface area contributed by atoms with Gasteiger partial charge in [-0.15, -0.1) is 0 Å². The van der Waals surface area contributed by atoms with Gasteiger partial charge in [-0.3, -0.25) is 14.4 Å². The zero-order valence-corrected chi connectivity index (χ0v) is 15.9. The van der Waals surface area contributed by atoms with Crippen molar-refractivity contribution in [3.63, 3.8) is 0 Å². The van der Waals surface area contributed by atoms with Gasteiger partial charge in [0.25, 0.3) is 0 Å². The fourth-order valence-electron chi connectivity index (χ4n) is 3.23. The van der Waals surface area contributed by atoms with E-state index in [2.05, 4.69) is 10.6 Å². The Labute approximate surface area is 163 Å². The van der Waals surface area contributed by atoms with Crippen LogP contribution in [0.5, 0.6) is 5.75 Å². The number of nitrogens with zero attached hydrogens (tertiary/aromatic N) is 1. The molecule has 0 radical (unpaired) electrons. The summed E-state index contributed by atoms with van der Waals surface area (Å²) in [5.41, 5.74) is 2.11. The number of hydrogen-bond donors (Lipinski definition) is 2. The van der Waals surface area contributed by atoms with E-state index in [9.17, 15) is 14.4 Å². The molecule has 0 spiro atoms. The number of anilines is 2. The van der Waals surface area contributed by atoms with Gasteiger partial charge < -0.3 is 20.3 Å². The standard InChI is InChI=1S/C21H23N3O4/c1-14(15-7-3-6-10-18(15)28-2)22-19(25)11-12-21(27)24-13-20(26)23-16-8-4-5-9-17(16)24/h3-10,14H,11-13H2,1-2H3,(H,22,25)(H,23,26). The Balaban J connectivity index is 1.59. The number of fused-ring (bicyclic) bond motifs is 1. The van der Waals surface area contributed by atoms with Gasteiger partial charge in [-0.1, -0.05) is 30.3 Å². The summed E-state index contributed by atoms with van der Waals surface area (Å²) >= 11 is 0. The lowest BCUT2D eigenvalue weighted by atomic mass is 10.1. The molecule has 1 heterocycles. The molecule has 0 aromatic heterocycles. The van der Waals surface area contributed by atoms with Crippen molar-refractivity contribution in [1.82, 2.24) is 5.32 Å². The third kappa shape index (κ3) is 4.31. The average Bonchev–Trinajstić information content (AvgIpc) is 2.71. The van der Waals surface area contributed by atoms with Crippen LogP contribution >= 0.6 is 0 Å². The van der Waals surface area contributed by atoms with Crippen molar-refractivity contribution in [3.8, 4) is 5.75 Å². The summed E-state index contributed by atoms with van der Waals surface area (Å²) in [6, 6.07) is 14.3. The molecule has 0 aliphatic carbocycles. The maximum absolute atomic E-state index is 12.6. The van der Waals surface area contributed by atoms with Gasteiger partial charge >= 0.3 is 0 Å². The van der Waals surface area contributed by atoms with Crippen molar-refractivity contribution >= 4 is 29.1 Å². The molecule has 0 saturated carbocycles. The number of methoxy groups -OCH3 is 1. The Kier molecular flexibility index (Phi) is 5.93. The fourth-order valence-corrected chi connectivity index (χ4v) is 3.23. The Morgan fingerprint density at radius 3 is 2.64 bits per heavy atom. The minimum Gasteiger partial charge on any atom is -0.496 e. The van der Waals surface area contributed by atoms with Crippen molar-refractivity contribution in [3.05, 3.63) is 54.1 Å². The van der Waals surface area contributed by atoms with Crippen molar-refractivity contribution in [2.75, 3.05) is 23.9 Å². The van der Waals surface area contributed by atoms with Gasteiger partial charge in [-0.25, -0.2) is 0 Å². The van der Waals surface area contributed by atoms with Crippen LogP contribution in [0.25, 0.3) is 0 Å². The molecule has 7 heteroatoms. The summed E-state index contributed by atoms with van der Waals surface area (Å²) < 4.78 is 5.32. The molecule has 0 saturated heterocycles. The van der Waals surface area contributed by atoms with E-state index in [1.54, 1.807) is 31.4 Å². The van der Waals surface area contributed by atoms with Gasteiger partial charge in [-0.05, 0) is 25.1 Å². The third-order valence-electron chi connectivity index (χ3n) is 4.62. The lowest BCUT2D eigenvalue weighted by molar-refractivity contribution is -0.126. The van der Waals surface area contributed by atoms with E-state index in [1.807, 2.05) is 31.2 Å². The highest BCUT2D eigenvalue weighted by atomic mass is 16.5.